The first-order chi connectivity index (χ1) is 14.6. The number of imidazole rings is 1. The smallest absolute Gasteiger partial charge is 0.222 e. The highest BCUT2D eigenvalue weighted by Gasteiger charge is 2.24. The minimum atomic E-state index is 0.243. The molecule has 1 amide bonds. The molecule has 1 saturated heterocycles. The number of thiazole rings is 1. The zero-order chi connectivity index (χ0) is 20.7. The molecule has 0 spiro atoms. The van der Waals surface area contributed by atoms with Gasteiger partial charge in [-0.15, -0.1) is 0 Å². The van der Waals surface area contributed by atoms with Gasteiger partial charge >= 0.3 is 0 Å². The molecule has 1 fully saturated rings. The maximum Gasteiger partial charge on any atom is 0.222 e. The predicted octanol–water partition coefficient (Wildman–Crippen LogP) is 4.92. The Morgan fingerprint density at radius 2 is 1.87 bits per heavy atom. The standard InChI is InChI=1S/C23H23ClN4OS/c1-2-21(29)27-12-10-26(11-13-27)15-19-22(16-6-4-3-5-7-16)25-23-28(19)18-9-8-17(24)14-20(18)30-23/h3-9,14H,2,10-13,15H2,1H3. The van der Waals surface area contributed by atoms with E-state index >= 15 is 0 Å². The Bertz CT molecular complexity index is 1210. The number of carbonyl (C=O) groups is 1. The van der Waals surface area contributed by atoms with Crippen LogP contribution in [-0.4, -0.2) is 51.3 Å². The number of fused-ring (bicyclic) bond motifs is 3. The summed E-state index contributed by atoms with van der Waals surface area (Å²) < 4.78 is 3.42. The molecule has 2 aromatic carbocycles. The zero-order valence-corrected chi connectivity index (χ0v) is 18.4. The van der Waals surface area contributed by atoms with Crippen molar-refractivity contribution in [3.63, 3.8) is 0 Å². The Kier molecular flexibility index (Phi) is 5.23. The van der Waals surface area contributed by atoms with E-state index in [1.165, 1.54) is 5.69 Å². The minimum absolute atomic E-state index is 0.243. The summed E-state index contributed by atoms with van der Waals surface area (Å²) in [6, 6.07) is 16.4. The van der Waals surface area contributed by atoms with Crippen LogP contribution in [0.3, 0.4) is 0 Å². The van der Waals surface area contributed by atoms with E-state index in [1.807, 2.05) is 30.0 Å². The maximum atomic E-state index is 12.0. The van der Waals surface area contributed by atoms with E-state index in [-0.39, 0.29) is 5.91 Å². The number of rotatable bonds is 4. The molecule has 154 valence electrons. The zero-order valence-electron chi connectivity index (χ0n) is 16.8. The number of aromatic nitrogens is 2. The maximum absolute atomic E-state index is 12.0. The molecule has 1 aliphatic heterocycles. The van der Waals surface area contributed by atoms with Gasteiger partial charge in [0.05, 0.1) is 21.6 Å². The van der Waals surface area contributed by atoms with Gasteiger partial charge in [-0.05, 0) is 18.2 Å². The summed E-state index contributed by atoms with van der Waals surface area (Å²) in [6.07, 6.45) is 0.574. The first-order valence-corrected chi connectivity index (χ1v) is 11.5. The lowest BCUT2D eigenvalue weighted by Gasteiger charge is -2.34. The second-order valence-corrected chi connectivity index (χ2v) is 9.06. The Labute approximate surface area is 184 Å². The number of hydrogen-bond donors (Lipinski definition) is 0. The molecule has 0 radical (unpaired) electrons. The summed E-state index contributed by atoms with van der Waals surface area (Å²) >= 11 is 7.89. The summed E-state index contributed by atoms with van der Waals surface area (Å²) in [4.78, 5) is 22.4. The highest BCUT2D eigenvalue weighted by Crippen LogP contribution is 2.34. The van der Waals surface area contributed by atoms with Gasteiger partial charge in [0, 0.05) is 49.7 Å². The van der Waals surface area contributed by atoms with Crippen molar-refractivity contribution in [3.05, 3.63) is 59.2 Å². The molecule has 5 nitrogen and oxygen atoms in total. The van der Waals surface area contributed by atoms with E-state index in [1.54, 1.807) is 11.3 Å². The van der Waals surface area contributed by atoms with Gasteiger partial charge in [0.1, 0.15) is 0 Å². The molecule has 3 heterocycles. The number of hydrogen-bond acceptors (Lipinski definition) is 4. The number of nitrogens with zero attached hydrogens (tertiary/aromatic N) is 4. The summed E-state index contributed by atoms with van der Waals surface area (Å²) in [7, 11) is 0. The van der Waals surface area contributed by atoms with Gasteiger partial charge in [0.25, 0.3) is 0 Å². The van der Waals surface area contributed by atoms with Crippen LogP contribution in [0.25, 0.3) is 26.4 Å². The van der Waals surface area contributed by atoms with Crippen LogP contribution in [0, 0.1) is 0 Å². The van der Waals surface area contributed by atoms with Crippen LogP contribution >= 0.6 is 22.9 Å². The van der Waals surface area contributed by atoms with Crippen molar-refractivity contribution in [2.75, 3.05) is 26.2 Å². The Morgan fingerprint density at radius 1 is 1.10 bits per heavy atom. The minimum Gasteiger partial charge on any atom is -0.340 e. The van der Waals surface area contributed by atoms with Gasteiger partial charge in [0.15, 0.2) is 4.96 Å². The van der Waals surface area contributed by atoms with Gasteiger partial charge in [0.2, 0.25) is 5.91 Å². The van der Waals surface area contributed by atoms with Gasteiger partial charge in [-0.3, -0.25) is 14.1 Å². The van der Waals surface area contributed by atoms with Gasteiger partial charge in [-0.25, -0.2) is 4.98 Å². The largest absolute Gasteiger partial charge is 0.340 e. The SMILES string of the molecule is CCC(=O)N1CCN(Cc2c(-c3ccccc3)nc3sc4cc(Cl)ccc4n23)CC1. The van der Waals surface area contributed by atoms with Crippen molar-refractivity contribution in [3.8, 4) is 11.3 Å². The Morgan fingerprint density at radius 3 is 2.60 bits per heavy atom. The number of benzene rings is 2. The lowest BCUT2D eigenvalue weighted by Crippen LogP contribution is -2.48. The number of carbonyl (C=O) groups excluding carboxylic acids is 1. The second-order valence-electron chi connectivity index (χ2n) is 7.62. The van der Waals surface area contributed by atoms with Crippen molar-refractivity contribution < 1.29 is 4.79 Å². The molecular weight excluding hydrogens is 416 g/mol. The fourth-order valence-electron chi connectivity index (χ4n) is 4.16. The predicted molar refractivity (Wildman–Crippen MR) is 123 cm³/mol. The monoisotopic (exact) mass is 438 g/mol. The average molecular weight is 439 g/mol. The van der Waals surface area contributed by atoms with E-state index < -0.39 is 0 Å². The molecule has 1 aliphatic rings. The van der Waals surface area contributed by atoms with Crippen molar-refractivity contribution in [2.45, 2.75) is 19.9 Å². The number of halogens is 1. The first kappa shape index (κ1) is 19.5. The van der Waals surface area contributed by atoms with Gasteiger partial charge in [-0.2, -0.15) is 0 Å². The molecule has 0 bridgehead atoms. The van der Waals surface area contributed by atoms with Crippen LogP contribution < -0.4 is 0 Å². The van der Waals surface area contributed by atoms with Crippen LogP contribution in [0.4, 0.5) is 0 Å². The molecule has 0 saturated carbocycles. The van der Waals surface area contributed by atoms with E-state index in [0.717, 1.165) is 64.2 Å². The highest BCUT2D eigenvalue weighted by atomic mass is 35.5. The molecule has 0 N–H and O–H groups in total. The molecule has 0 atom stereocenters. The topological polar surface area (TPSA) is 40.9 Å². The molecule has 0 aliphatic carbocycles. The lowest BCUT2D eigenvalue weighted by molar-refractivity contribution is -0.132. The van der Waals surface area contributed by atoms with Crippen molar-refractivity contribution in [1.29, 1.82) is 0 Å². The summed E-state index contributed by atoms with van der Waals surface area (Å²) in [6.45, 7) is 6.05. The summed E-state index contributed by atoms with van der Waals surface area (Å²) in [5, 5.41) is 0.744. The normalized spacial score (nSPS) is 15.3. The van der Waals surface area contributed by atoms with Gasteiger partial charge < -0.3 is 4.90 Å². The molecule has 2 aromatic heterocycles. The molecule has 4 aromatic rings. The Balaban J connectivity index is 1.55. The highest BCUT2D eigenvalue weighted by molar-refractivity contribution is 7.23. The van der Waals surface area contributed by atoms with Crippen molar-refractivity contribution >= 4 is 44.0 Å². The lowest BCUT2D eigenvalue weighted by atomic mass is 10.1. The van der Waals surface area contributed by atoms with Crippen molar-refractivity contribution in [1.82, 2.24) is 19.2 Å². The van der Waals surface area contributed by atoms with Crippen LogP contribution in [0.5, 0.6) is 0 Å². The number of piperazine rings is 1. The third-order valence-electron chi connectivity index (χ3n) is 5.75. The third-order valence-corrected chi connectivity index (χ3v) is 6.99. The van der Waals surface area contributed by atoms with Crippen LogP contribution in [0.15, 0.2) is 48.5 Å². The van der Waals surface area contributed by atoms with E-state index in [2.05, 4.69) is 39.6 Å². The van der Waals surface area contributed by atoms with Gasteiger partial charge in [-0.1, -0.05) is 60.2 Å². The van der Waals surface area contributed by atoms with Crippen LogP contribution in [0.2, 0.25) is 5.02 Å². The molecule has 30 heavy (non-hydrogen) atoms. The van der Waals surface area contributed by atoms with Crippen LogP contribution in [-0.2, 0) is 11.3 Å². The molecule has 0 unspecified atom stereocenters. The fourth-order valence-corrected chi connectivity index (χ4v) is 5.48. The average Bonchev–Trinajstić information content (AvgIpc) is 3.30. The molecule has 7 heteroatoms. The fraction of sp³-hybridized carbons (Fsp3) is 0.304. The third kappa shape index (κ3) is 3.49. The summed E-state index contributed by atoms with van der Waals surface area (Å²) in [5.74, 6) is 0.243. The first-order valence-electron chi connectivity index (χ1n) is 10.3. The van der Waals surface area contributed by atoms with E-state index in [9.17, 15) is 4.79 Å². The van der Waals surface area contributed by atoms with E-state index in [4.69, 9.17) is 16.6 Å². The van der Waals surface area contributed by atoms with Crippen LogP contribution in [0.1, 0.15) is 19.0 Å². The second kappa shape index (κ2) is 8.02. The molecule has 5 rings (SSSR count). The van der Waals surface area contributed by atoms with Crippen molar-refractivity contribution in [2.24, 2.45) is 0 Å². The molecular formula is C23H23ClN4OS. The Hall–Kier alpha value is -2.41. The summed E-state index contributed by atoms with van der Waals surface area (Å²) in [5.41, 5.74) is 4.50. The quantitative estimate of drug-likeness (QED) is 0.454. The van der Waals surface area contributed by atoms with E-state index in [0.29, 0.717) is 6.42 Å². The number of amides is 1.